The van der Waals surface area contributed by atoms with Crippen molar-refractivity contribution in [2.24, 2.45) is 0 Å². The van der Waals surface area contributed by atoms with Gasteiger partial charge in [0, 0.05) is 19.0 Å². The molecule has 0 bridgehead atoms. The number of hydrogen-bond donors (Lipinski definition) is 1. The molecular formula is C14H26N2O2. The van der Waals surface area contributed by atoms with E-state index in [1.807, 2.05) is 0 Å². The van der Waals surface area contributed by atoms with Gasteiger partial charge in [0.25, 0.3) is 0 Å². The molecule has 104 valence electrons. The molecule has 0 aromatic carbocycles. The Morgan fingerprint density at radius 3 is 2.78 bits per heavy atom. The van der Waals surface area contributed by atoms with Gasteiger partial charge in [0.05, 0.1) is 0 Å². The van der Waals surface area contributed by atoms with Crippen molar-refractivity contribution < 1.29 is 9.90 Å². The third-order valence-electron chi connectivity index (χ3n) is 4.25. The molecule has 2 aliphatic heterocycles. The lowest BCUT2D eigenvalue weighted by molar-refractivity contribution is -0.137. The molecule has 2 saturated heterocycles. The van der Waals surface area contributed by atoms with E-state index >= 15 is 0 Å². The van der Waals surface area contributed by atoms with E-state index < -0.39 is 5.97 Å². The number of carbonyl (C=O) groups is 1. The summed E-state index contributed by atoms with van der Waals surface area (Å²) in [6.45, 7) is 6.20. The number of unbranched alkanes of at least 4 members (excludes halogenated alkanes) is 2. The maximum Gasteiger partial charge on any atom is 0.303 e. The summed E-state index contributed by atoms with van der Waals surface area (Å²) in [4.78, 5) is 15.7. The molecule has 4 nitrogen and oxygen atoms in total. The van der Waals surface area contributed by atoms with Gasteiger partial charge in [-0.1, -0.05) is 6.42 Å². The van der Waals surface area contributed by atoms with Gasteiger partial charge < -0.3 is 10.0 Å². The highest BCUT2D eigenvalue weighted by Gasteiger charge is 2.28. The molecule has 0 amide bonds. The molecule has 0 saturated carbocycles. The molecule has 18 heavy (non-hydrogen) atoms. The maximum atomic E-state index is 10.4. The molecule has 2 fully saturated rings. The van der Waals surface area contributed by atoms with Crippen molar-refractivity contribution in [3.63, 3.8) is 0 Å². The summed E-state index contributed by atoms with van der Waals surface area (Å²) < 4.78 is 0. The summed E-state index contributed by atoms with van der Waals surface area (Å²) in [6.07, 6.45) is 7.41. The largest absolute Gasteiger partial charge is 0.481 e. The molecule has 4 heteroatoms. The van der Waals surface area contributed by atoms with Crippen LogP contribution in [0, 0.1) is 0 Å². The molecule has 1 N–H and O–H groups in total. The van der Waals surface area contributed by atoms with Crippen LogP contribution in [-0.4, -0.2) is 59.6 Å². The minimum absolute atomic E-state index is 0.330. The average molecular weight is 254 g/mol. The Kier molecular flexibility index (Phi) is 5.45. The number of hydrogen-bond acceptors (Lipinski definition) is 3. The van der Waals surface area contributed by atoms with Crippen LogP contribution in [0.4, 0.5) is 0 Å². The molecule has 0 spiro atoms. The molecule has 0 radical (unpaired) electrons. The summed E-state index contributed by atoms with van der Waals surface area (Å²) in [7, 11) is 0. The summed E-state index contributed by atoms with van der Waals surface area (Å²) in [6, 6.07) is 0.798. The standard InChI is InChI=1S/C14H26N2O2/c17-14(18)7-2-1-3-8-15-9-5-11-16-10-4-6-13(16)12-15/h13H,1-12H2,(H,17,18). The second kappa shape index (κ2) is 7.10. The highest BCUT2D eigenvalue weighted by atomic mass is 16.4. The molecule has 2 aliphatic rings. The van der Waals surface area contributed by atoms with E-state index in [0.29, 0.717) is 6.42 Å². The molecule has 1 unspecified atom stereocenters. The van der Waals surface area contributed by atoms with Crippen LogP contribution >= 0.6 is 0 Å². The minimum atomic E-state index is -0.661. The fraction of sp³-hybridized carbons (Fsp3) is 0.929. The van der Waals surface area contributed by atoms with Gasteiger partial charge in [-0.3, -0.25) is 9.69 Å². The molecule has 0 aliphatic carbocycles. The number of rotatable bonds is 6. The number of carboxylic acids is 1. The van der Waals surface area contributed by atoms with Crippen molar-refractivity contribution in [3.05, 3.63) is 0 Å². The van der Waals surface area contributed by atoms with E-state index in [-0.39, 0.29) is 0 Å². The van der Waals surface area contributed by atoms with Crippen molar-refractivity contribution in [2.75, 3.05) is 32.7 Å². The molecular weight excluding hydrogens is 228 g/mol. The minimum Gasteiger partial charge on any atom is -0.481 e. The zero-order chi connectivity index (χ0) is 12.8. The van der Waals surface area contributed by atoms with E-state index in [0.717, 1.165) is 31.8 Å². The van der Waals surface area contributed by atoms with Crippen LogP contribution in [0.25, 0.3) is 0 Å². The number of aliphatic carboxylic acids is 1. The van der Waals surface area contributed by atoms with Gasteiger partial charge in [-0.15, -0.1) is 0 Å². The van der Waals surface area contributed by atoms with Crippen LogP contribution in [0.1, 0.15) is 44.9 Å². The van der Waals surface area contributed by atoms with Crippen molar-refractivity contribution in [1.82, 2.24) is 9.80 Å². The highest BCUT2D eigenvalue weighted by Crippen LogP contribution is 2.21. The predicted octanol–water partition coefficient (Wildman–Crippen LogP) is 1.80. The summed E-state index contributed by atoms with van der Waals surface area (Å²) in [5, 5.41) is 8.59. The summed E-state index contributed by atoms with van der Waals surface area (Å²) >= 11 is 0. The fourth-order valence-electron chi connectivity index (χ4n) is 3.27. The van der Waals surface area contributed by atoms with Crippen LogP contribution in [0.5, 0.6) is 0 Å². The number of carboxylic acid groups (broad SMARTS) is 1. The quantitative estimate of drug-likeness (QED) is 0.734. The van der Waals surface area contributed by atoms with E-state index in [9.17, 15) is 4.79 Å². The first kappa shape index (κ1) is 13.8. The van der Waals surface area contributed by atoms with Gasteiger partial charge in [-0.05, 0) is 58.3 Å². The summed E-state index contributed by atoms with van der Waals surface area (Å²) in [5.41, 5.74) is 0. The van der Waals surface area contributed by atoms with E-state index in [1.165, 1.54) is 45.4 Å². The zero-order valence-corrected chi connectivity index (χ0v) is 11.3. The normalized spacial score (nSPS) is 25.9. The Balaban J connectivity index is 1.61. The lowest BCUT2D eigenvalue weighted by Crippen LogP contribution is -2.37. The second-order valence-corrected chi connectivity index (χ2v) is 5.69. The summed E-state index contributed by atoms with van der Waals surface area (Å²) in [5.74, 6) is -0.661. The van der Waals surface area contributed by atoms with Gasteiger partial charge in [0.2, 0.25) is 0 Å². The molecule has 2 heterocycles. The third-order valence-corrected chi connectivity index (χ3v) is 4.25. The smallest absolute Gasteiger partial charge is 0.303 e. The Labute approximate surface area is 110 Å². The van der Waals surface area contributed by atoms with Crippen LogP contribution in [-0.2, 0) is 4.79 Å². The fourth-order valence-corrected chi connectivity index (χ4v) is 3.27. The number of fused-ring (bicyclic) bond motifs is 1. The molecule has 1 atom stereocenters. The second-order valence-electron chi connectivity index (χ2n) is 5.69. The Morgan fingerprint density at radius 1 is 1.11 bits per heavy atom. The predicted molar refractivity (Wildman–Crippen MR) is 71.8 cm³/mol. The molecule has 2 rings (SSSR count). The van der Waals surface area contributed by atoms with Crippen LogP contribution in [0.15, 0.2) is 0 Å². The Morgan fingerprint density at radius 2 is 1.94 bits per heavy atom. The lowest BCUT2D eigenvalue weighted by atomic mass is 10.1. The SMILES string of the molecule is O=C(O)CCCCCN1CCCN2CCCC2C1. The topological polar surface area (TPSA) is 43.8 Å². The first-order valence-electron chi connectivity index (χ1n) is 7.44. The van der Waals surface area contributed by atoms with Gasteiger partial charge in [-0.2, -0.15) is 0 Å². The first-order valence-corrected chi connectivity index (χ1v) is 7.44. The van der Waals surface area contributed by atoms with Gasteiger partial charge in [0.1, 0.15) is 0 Å². The average Bonchev–Trinajstić information content (AvgIpc) is 2.67. The van der Waals surface area contributed by atoms with E-state index in [2.05, 4.69) is 9.80 Å². The van der Waals surface area contributed by atoms with E-state index in [1.54, 1.807) is 0 Å². The van der Waals surface area contributed by atoms with Gasteiger partial charge in [-0.25, -0.2) is 0 Å². The molecule has 0 aromatic heterocycles. The van der Waals surface area contributed by atoms with Crippen LogP contribution in [0.3, 0.4) is 0 Å². The maximum absolute atomic E-state index is 10.4. The van der Waals surface area contributed by atoms with Gasteiger partial charge >= 0.3 is 5.97 Å². The van der Waals surface area contributed by atoms with Crippen LogP contribution in [0.2, 0.25) is 0 Å². The van der Waals surface area contributed by atoms with Crippen molar-refractivity contribution in [3.8, 4) is 0 Å². The molecule has 0 aromatic rings. The zero-order valence-electron chi connectivity index (χ0n) is 11.3. The van der Waals surface area contributed by atoms with Crippen LogP contribution < -0.4 is 0 Å². The van der Waals surface area contributed by atoms with Gasteiger partial charge in [0.15, 0.2) is 0 Å². The lowest BCUT2D eigenvalue weighted by Gasteiger charge is -2.25. The highest BCUT2D eigenvalue weighted by molar-refractivity contribution is 5.66. The van der Waals surface area contributed by atoms with Crippen molar-refractivity contribution >= 4 is 5.97 Å². The Hall–Kier alpha value is -0.610. The number of nitrogens with zero attached hydrogens (tertiary/aromatic N) is 2. The third kappa shape index (κ3) is 4.25. The monoisotopic (exact) mass is 254 g/mol. The first-order chi connectivity index (χ1) is 8.75. The Bertz CT molecular complexity index is 271. The van der Waals surface area contributed by atoms with E-state index in [4.69, 9.17) is 5.11 Å². The van der Waals surface area contributed by atoms with Crippen molar-refractivity contribution in [1.29, 1.82) is 0 Å². The van der Waals surface area contributed by atoms with Crippen molar-refractivity contribution in [2.45, 2.75) is 51.0 Å².